The third kappa shape index (κ3) is 3.58. The van der Waals surface area contributed by atoms with Crippen LogP contribution in [0.15, 0.2) is 48.5 Å². The summed E-state index contributed by atoms with van der Waals surface area (Å²) < 4.78 is 4.91. The molecule has 1 aliphatic rings. The van der Waals surface area contributed by atoms with E-state index in [1.54, 1.807) is 12.1 Å². The second kappa shape index (κ2) is 6.37. The molecular weight excluding hydrogens is 290 g/mol. The first-order chi connectivity index (χ1) is 11.1. The zero-order valence-corrected chi connectivity index (χ0v) is 12.6. The molecule has 0 saturated carbocycles. The molecule has 1 atom stereocenters. The highest BCUT2D eigenvalue weighted by molar-refractivity contribution is 5.94. The number of nitrogens with one attached hydrogen (secondary N) is 1. The average Bonchev–Trinajstić information content (AvgIpc) is 3.00. The van der Waals surface area contributed by atoms with E-state index in [1.807, 2.05) is 36.4 Å². The molecule has 0 aliphatic carbocycles. The predicted octanol–water partition coefficient (Wildman–Crippen LogP) is 3.07. The molecule has 0 unspecified atom stereocenters. The van der Waals surface area contributed by atoms with Crippen molar-refractivity contribution in [3.63, 3.8) is 0 Å². The van der Waals surface area contributed by atoms with Crippen molar-refractivity contribution in [2.24, 2.45) is 0 Å². The lowest BCUT2D eigenvalue weighted by molar-refractivity contribution is 0.101. The van der Waals surface area contributed by atoms with E-state index < -0.39 is 6.09 Å². The van der Waals surface area contributed by atoms with Crippen LogP contribution in [-0.2, 0) is 4.74 Å². The van der Waals surface area contributed by atoms with Gasteiger partial charge in [-0.3, -0.25) is 4.79 Å². The Kier molecular flexibility index (Phi) is 4.11. The number of ether oxygens (including phenoxy) is 1. The Morgan fingerprint density at radius 1 is 1.13 bits per heavy atom. The molecule has 2 aromatic carbocycles. The molecule has 3 rings (SSSR count). The van der Waals surface area contributed by atoms with Crippen LogP contribution in [-0.4, -0.2) is 18.5 Å². The van der Waals surface area contributed by atoms with Crippen molar-refractivity contribution in [2.75, 3.05) is 6.61 Å². The lowest BCUT2D eigenvalue weighted by Crippen LogP contribution is -2.18. The molecule has 1 amide bonds. The first kappa shape index (κ1) is 14.9. The van der Waals surface area contributed by atoms with Crippen LogP contribution in [0.25, 0.3) is 0 Å². The summed E-state index contributed by atoms with van der Waals surface area (Å²) in [4.78, 5) is 22.4. The van der Waals surface area contributed by atoms with Crippen LogP contribution in [0.2, 0.25) is 0 Å². The minimum atomic E-state index is -0.392. The summed E-state index contributed by atoms with van der Waals surface area (Å²) in [6.45, 7) is 1.87. The molecule has 1 fully saturated rings. The van der Waals surface area contributed by atoms with Gasteiger partial charge < -0.3 is 10.1 Å². The number of cyclic esters (lactones) is 1. The molecular formula is C19H15NO3. The third-order valence-electron chi connectivity index (χ3n) is 3.60. The fourth-order valence-electron chi connectivity index (χ4n) is 2.33. The smallest absolute Gasteiger partial charge is 0.407 e. The molecule has 4 nitrogen and oxygen atoms in total. The summed E-state index contributed by atoms with van der Waals surface area (Å²) in [5.74, 6) is 6.21. The number of alkyl carbamates (subject to hydrolysis) is 1. The molecule has 0 aromatic heterocycles. The molecule has 2 aromatic rings. The van der Waals surface area contributed by atoms with E-state index >= 15 is 0 Å². The Hall–Kier alpha value is -3.06. The topological polar surface area (TPSA) is 55.4 Å². The maximum Gasteiger partial charge on any atom is 0.407 e. The van der Waals surface area contributed by atoms with Crippen molar-refractivity contribution in [1.29, 1.82) is 0 Å². The van der Waals surface area contributed by atoms with E-state index in [0.29, 0.717) is 12.2 Å². The predicted molar refractivity (Wildman–Crippen MR) is 86.1 cm³/mol. The standard InChI is InChI=1S/C19H15NO3/c1-13(21)16-9-7-14(8-10-16)5-6-15-3-2-4-17(11-15)18-12-23-19(22)20-18/h2-4,7-11,18H,12H2,1H3,(H,20,22)/t18-/m0/s1. The Morgan fingerprint density at radius 2 is 1.87 bits per heavy atom. The zero-order chi connectivity index (χ0) is 16.2. The minimum absolute atomic E-state index is 0.0399. The number of benzene rings is 2. The van der Waals surface area contributed by atoms with Crippen LogP contribution in [0.4, 0.5) is 4.79 Å². The summed E-state index contributed by atoms with van der Waals surface area (Å²) in [6, 6.07) is 14.8. The Balaban J connectivity index is 1.78. The number of Topliss-reactive ketones (excluding diaryl/α,β-unsaturated/α-hetero) is 1. The Bertz CT molecular complexity index is 812. The fourth-order valence-corrected chi connectivity index (χ4v) is 2.33. The molecule has 1 saturated heterocycles. The summed E-state index contributed by atoms with van der Waals surface area (Å²) in [5, 5.41) is 2.75. The van der Waals surface area contributed by atoms with Crippen LogP contribution in [0.1, 0.15) is 40.0 Å². The van der Waals surface area contributed by atoms with Gasteiger partial charge in [0.05, 0.1) is 6.04 Å². The van der Waals surface area contributed by atoms with Gasteiger partial charge in [0.15, 0.2) is 5.78 Å². The van der Waals surface area contributed by atoms with Crippen molar-refractivity contribution >= 4 is 11.9 Å². The maximum absolute atomic E-state index is 11.2. The van der Waals surface area contributed by atoms with Gasteiger partial charge in [-0.05, 0) is 36.8 Å². The molecule has 0 spiro atoms. The monoisotopic (exact) mass is 305 g/mol. The summed E-state index contributed by atoms with van der Waals surface area (Å²) >= 11 is 0. The Labute approximate surface area is 134 Å². The second-order valence-electron chi connectivity index (χ2n) is 5.30. The number of amides is 1. The van der Waals surface area contributed by atoms with Crippen molar-refractivity contribution in [2.45, 2.75) is 13.0 Å². The van der Waals surface area contributed by atoms with Gasteiger partial charge >= 0.3 is 6.09 Å². The molecule has 1 aliphatic heterocycles. The maximum atomic E-state index is 11.2. The van der Waals surface area contributed by atoms with Crippen LogP contribution >= 0.6 is 0 Å². The van der Waals surface area contributed by atoms with Crippen LogP contribution in [0.3, 0.4) is 0 Å². The largest absolute Gasteiger partial charge is 0.447 e. The van der Waals surface area contributed by atoms with Gasteiger partial charge in [-0.25, -0.2) is 4.79 Å². The van der Waals surface area contributed by atoms with E-state index in [0.717, 1.165) is 16.7 Å². The number of rotatable bonds is 2. The lowest BCUT2D eigenvalue weighted by atomic mass is 10.0. The molecule has 0 radical (unpaired) electrons. The first-order valence-electron chi connectivity index (χ1n) is 7.28. The highest BCUT2D eigenvalue weighted by atomic mass is 16.6. The van der Waals surface area contributed by atoms with Crippen LogP contribution in [0.5, 0.6) is 0 Å². The minimum Gasteiger partial charge on any atom is -0.447 e. The summed E-state index contributed by atoms with van der Waals surface area (Å²) in [5.41, 5.74) is 3.35. The number of carbonyl (C=O) groups is 2. The summed E-state index contributed by atoms with van der Waals surface area (Å²) in [6.07, 6.45) is -0.392. The highest BCUT2D eigenvalue weighted by Gasteiger charge is 2.23. The molecule has 23 heavy (non-hydrogen) atoms. The molecule has 4 heteroatoms. The van der Waals surface area contributed by atoms with Crippen molar-refractivity contribution in [3.8, 4) is 11.8 Å². The quantitative estimate of drug-likeness (QED) is 0.685. The van der Waals surface area contributed by atoms with Crippen molar-refractivity contribution in [1.82, 2.24) is 5.32 Å². The second-order valence-corrected chi connectivity index (χ2v) is 5.30. The Morgan fingerprint density at radius 3 is 2.52 bits per heavy atom. The van der Waals surface area contributed by atoms with Crippen molar-refractivity contribution < 1.29 is 14.3 Å². The van der Waals surface area contributed by atoms with Gasteiger partial charge in [0.2, 0.25) is 0 Å². The van der Waals surface area contributed by atoms with Crippen LogP contribution in [0, 0.1) is 11.8 Å². The van der Waals surface area contributed by atoms with E-state index in [-0.39, 0.29) is 11.8 Å². The summed E-state index contributed by atoms with van der Waals surface area (Å²) in [7, 11) is 0. The normalized spacial score (nSPS) is 16.0. The van der Waals surface area contributed by atoms with Gasteiger partial charge in [-0.15, -0.1) is 0 Å². The average molecular weight is 305 g/mol. The first-order valence-corrected chi connectivity index (χ1v) is 7.28. The molecule has 1 heterocycles. The highest BCUT2D eigenvalue weighted by Crippen LogP contribution is 2.18. The number of hydrogen-bond donors (Lipinski definition) is 1. The third-order valence-corrected chi connectivity index (χ3v) is 3.60. The van der Waals surface area contributed by atoms with Gasteiger partial charge in [0.1, 0.15) is 6.61 Å². The van der Waals surface area contributed by atoms with Gasteiger partial charge in [-0.1, -0.05) is 36.1 Å². The van der Waals surface area contributed by atoms with Crippen LogP contribution < -0.4 is 5.32 Å². The van der Waals surface area contributed by atoms with E-state index in [4.69, 9.17) is 4.74 Å². The van der Waals surface area contributed by atoms with Crippen molar-refractivity contribution in [3.05, 3.63) is 70.8 Å². The van der Waals surface area contributed by atoms with Gasteiger partial charge in [0.25, 0.3) is 0 Å². The van der Waals surface area contributed by atoms with Gasteiger partial charge in [0, 0.05) is 16.7 Å². The SMILES string of the molecule is CC(=O)c1ccc(C#Cc2cccc([C@@H]3COC(=O)N3)c2)cc1. The number of carbonyl (C=O) groups excluding carboxylic acids is 2. The van der Waals surface area contributed by atoms with E-state index in [1.165, 1.54) is 6.92 Å². The number of ketones is 1. The van der Waals surface area contributed by atoms with E-state index in [9.17, 15) is 9.59 Å². The fraction of sp³-hybridized carbons (Fsp3) is 0.158. The number of hydrogen-bond acceptors (Lipinski definition) is 3. The lowest BCUT2D eigenvalue weighted by Gasteiger charge is -2.07. The zero-order valence-electron chi connectivity index (χ0n) is 12.6. The molecule has 0 bridgehead atoms. The van der Waals surface area contributed by atoms with E-state index in [2.05, 4.69) is 17.2 Å². The van der Waals surface area contributed by atoms with Gasteiger partial charge in [-0.2, -0.15) is 0 Å². The molecule has 1 N–H and O–H groups in total. The molecule has 114 valence electrons.